The lowest BCUT2D eigenvalue weighted by atomic mass is 9.68. The number of aliphatic hydroxyl groups excluding tert-OH is 1. The molecule has 0 radical (unpaired) electrons. The number of hydrogen-bond acceptors (Lipinski definition) is 6. The van der Waals surface area contributed by atoms with Crippen molar-refractivity contribution in [3.8, 4) is 5.75 Å². The van der Waals surface area contributed by atoms with E-state index in [0.29, 0.717) is 13.1 Å². The highest BCUT2D eigenvalue weighted by molar-refractivity contribution is 5.89. The molecule has 1 amide bonds. The summed E-state index contributed by atoms with van der Waals surface area (Å²) in [5.74, 6) is 0.817. The molecule has 0 bridgehead atoms. The zero-order valence-corrected chi connectivity index (χ0v) is 19.4. The van der Waals surface area contributed by atoms with Crippen LogP contribution in [0.1, 0.15) is 22.9 Å². The van der Waals surface area contributed by atoms with Gasteiger partial charge in [-0.1, -0.05) is 0 Å². The number of nitrogens with zero attached hydrogens (tertiary/aromatic N) is 4. The average Bonchev–Trinajstić information content (AvgIpc) is 3.17. The Kier molecular flexibility index (Phi) is 5.60. The zero-order valence-electron chi connectivity index (χ0n) is 19.4. The first-order valence-electron chi connectivity index (χ1n) is 11.3. The average molecular weight is 450 g/mol. The number of hydrogen-bond donors (Lipinski definition) is 2. The first-order valence-corrected chi connectivity index (χ1v) is 11.3. The molecule has 2 aliphatic rings. The van der Waals surface area contributed by atoms with E-state index >= 15 is 0 Å². The van der Waals surface area contributed by atoms with Gasteiger partial charge in [0.25, 0.3) is 0 Å². The van der Waals surface area contributed by atoms with Crippen molar-refractivity contribution in [3.63, 3.8) is 0 Å². The van der Waals surface area contributed by atoms with Crippen LogP contribution in [0.3, 0.4) is 0 Å². The molecule has 33 heavy (non-hydrogen) atoms. The van der Waals surface area contributed by atoms with Crippen LogP contribution in [0.2, 0.25) is 0 Å². The Morgan fingerprint density at radius 3 is 2.67 bits per heavy atom. The molecule has 2 aromatic heterocycles. The van der Waals surface area contributed by atoms with E-state index < -0.39 is 0 Å². The molecular weight excluding hydrogens is 418 g/mol. The van der Waals surface area contributed by atoms with Gasteiger partial charge in [0.1, 0.15) is 5.75 Å². The first-order chi connectivity index (χ1) is 15.9. The largest absolute Gasteiger partial charge is 0.497 e. The lowest BCUT2D eigenvalue weighted by molar-refractivity contribution is -0.139. The number of aromatic nitrogens is 2. The number of rotatable bonds is 6. The van der Waals surface area contributed by atoms with E-state index in [4.69, 9.17) is 4.74 Å². The normalized spacial score (nSPS) is 19.7. The van der Waals surface area contributed by atoms with Gasteiger partial charge in [-0.25, -0.2) is 0 Å². The molecule has 1 atom stereocenters. The fraction of sp³-hybridized carbons (Fsp3) is 0.440. The number of likely N-dealkylation sites (tertiary alicyclic amines) is 1. The van der Waals surface area contributed by atoms with Crippen LogP contribution in [0, 0.1) is 0 Å². The van der Waals surface area contributed by atoms with Crippen molar-refractivity contribution >= 4 is 16.8 Å². The number of ether oxygens (including phenoxy) is 1. The van der Waals surface area contributed by atoms with Gasteiger partial charge >= 0.3 is 0 Å². The van der Waals surface area contributed by atoms with Crippen molar-refractivity contribution < 1.29 is 14.6 Å². The third-order valence-corrected chi connectivity index (χ3v) is 6.90. The summed E-state index contributed by atoms with van der Waals surface area (Å²) < 4.78 is 5.43. The predicted molar refractivity (Wildman–Crippen MR) is 126 cm³/mol. The van der Waals surface area contributed by atoms with Crippen LogP contribution in [-0.2, 0) is 16.8 Å². The summed E-state index contributed by atoms with van der Waals surface area (Å²) >= 11 is 0. The van der Waals surface area contributed by atoms with Crippen LogP contribution < -0.4 is 4.74 Å². The molecule has 1 spiro atoms. The van der Waals surface area contributed by atoms with E-state index in [1.807, 2.05) is 60.6 Å². The predicted octanol–water partition coefficient (Wildman–Crippen LogP) is 1.76. The summed E-state index contributed by atoms with van der Waals surface area (Å²) in [6.45, 7) is 3.36. The number of carbonyl (C=O) groups is 1. The smallest absolute Gasteiger partial charge is 0.237 e. The molecule has 0 aliphatic carbocycles. The van der Waals surface area contributed by atoms with Crippen molar-refractivity contribution in [2.45, 2.75) is 18.0 Å². The van der Waals surface area contributed by atoms with Crippen LogP contribution in [0.15, 0.2) is 42.7 Å². The SMILES string of the molecule is COc1ccc2c3c([nH]c2c1)[C@@H](CO)N(C(=O)CN(C)C)CC31CN(Cc2ccncc2)C1. The second kappa shape index (κ2) is 8.44. The van der Waals surface area contributed by atoms with Gasteiger partial charge < -0.3 is 24.6 Å². The van der Waals surface area contributed by atoms with Gasteiger partial charge in [0.15, 0.2) is 0 Å². The number of H-pyrrole nitrogens is 1. The molecule has 1 aromatic carbocycles. The number of likely N-dealkylation sites (N-methyl/N-ethyl adjacent to an activating group) is 1. The van der Waals surface area contributed by atoms with Gasteiger partial charge in [0.05, 0.1) is 26.3 Å². The molecule has 2 aliphatic heterocycles. The minimum Gasteiger partial charge on any atom is -0.497 e. The molecular formula is C25H31N5O3. The molecule has 8 nitrogen and oxygen atoms in total. The highest BCUT2D eigenvalue weighted by atomic mass is 16.5. The maximum absolute atomic E-state index is 13.2. The van der Waals surface area contributed by atoms with E-state index in [9.17, 15) is 9.90 Å². The monoisotopic (exact) mass is 449 g/mol. The Bertz CT molecular complexity index is 1150. The van der Waals surface area contributed by atoms with Crippen molar-refractivity contribution in [1.82, 2.24) is 24.7 Å². The van der Waals surface area contributed by atoms with Crippen LogP contribution in [0.4, 0.5) is 0 Å². The van der Waals surface area contributed by atoms with E-state index in [1.165, 1.54) is 11.1 Å². The summed E-state index contributed by atoms with van der Waals surface area (Å²) in [5.41, 5.74) is 4.21. The van der Waals surface area contributed by atoms with Gasteiger partial charge in [0, 0.05) is 66.7 Å². The molecule has 3 aromatic rings. The summed E-state index contributed by atoms with van der Waals surface area (Å²) in [6, 6.07) is 9.78. The Morgan fingerprint density at radius 1 is 1.24 bits per heavy atom. The highest BCUT2D eigenvalue weighted by Gasteiger charge is 2.53. The second-order valence-corrected chi connectivity index (χ2v) is 9.56. The molecule has 5 rings (SSSR count). The van der Waals surface area contributed by atoms with Crippen LogP contribution in [-0.4, -0.2) is 89.7 Å². The fourth-order valence-corrected chi connectivity index (χ4v) is 5.56. The lowest BCUT2D eigenvalue weighted by Crippen LogP contribution is -2.67. The Hall–Kier alpha value is -2.94. The van der Waals surface area contributed by atoms with Gasteiger partial charge in [-0.2, -0.15) is 0 Å². The number of aromatic amines is 1. The van der Waals surface area contributed by atoms with Gasteiger partial charge in [-0.05, 0) is 49.5 Å². The fourth-order valence-electron chi connectivity index (χ4n) is 5.56. The number of nitrogens with one attached hydrogen (secondary N) is 1. The molecule has 4 heterocycles. The maximum Gasteiger partial charge on any atom is 0.237 e. The third-order valence-electron chi connectivity index (χ3n) is 6.90. The Morgan fingerprint density at radius 2 is 2.00 bits per heavy atom. The number of methoxy groups -OCH3 is 1. The Balaban J connectivity index is 1.55. The molecule has 174 valence electrons. The number of carbonyl (C=O) groups excluding carboxylic acids is 1. The quantitative estimate of drug-likeness (QED) is 0.597. The van der Waals surface area contributed by atoms with E-state index in [-0.39, 0.29) is 24.0 Å². The number of aliphatic hydroxyl groups is 1. The summed E-state index contributed by atoms with van der Waals surface area (Å²) in [7, 11) is 5.45. The van der Waals surface area contributed by atoms with Crippen molar-refractivity contribution in [2.24, 2.45) is 0 Å². The summed E-state index contributed by atoms with van der Waals surface area (Å²) in [6.07, 6.45) is 3.65. The van der Waals surface area contributed by atoms with Crippen molar-refractivity contribution in [2.75, 3.05) is 54.0 Å². The van der Waals surface area contributed by atoms with Gasteiger partial charge in [-0.3, -0.25) is 14.7 Å². The number of pyridine rings is 1. The minimum atomic E-state index is -0.384. The maximum atomic E-state index is 13.2. The number of benzene rings is 1. The summed E-state index contributed by atoms with van der Waals surface area (Å²) in [4.78, 5) is 27.0. The third kappa shape index (κ3) is 3.78. The van der Waals surface area contributed by atoms with Gasteiger partial charge in [0.2, 0.25) is 5.91 Å². The zero-order chi connectivity index (χ0) is 23.2. The molecule has 8 heteroatoms. The molecule has 2 N–H and O–H groups in total. The first kappa shape index (κ1) is 21.9. The molecule has 1 saturated heterocycles. The van der Waals surface area contributed by atoms with Gasteiger partial charge in [-0.15, -0.1) is 0 Å². The standard InChI is InChI=1S/C25H31N5O3/c1-28(2)12-22(32)30-16-25(14-29(15-25)11-17-6-8-26-9-7-17)23-19-5-4-18(33-3)10-20(19)27-24(23)21(30)13-31/h4-10,21,27,31H,11-16H2,1-3H3/t21-/m1/s1. The van der Waals surface area contributed by atoms with Crippen molar-refractivity contribution in [1.29, 1.82) is 0 Å². The lowest BCUT2D eigenvalue weighted by Gasteiger charge is -2.56. The van der Waals surface area contributed by atoms with E-state index in [1.54, 1.807) is 7.11 Å². The summed E-state index contributed by atoms with van der Waals surface area (Å²) in [5, 5.41) is 11.5. The minimum absolute atomic E-state index is 0.0351. The van der Waals surface area contributed by atoms with Crippen LogP contribution in [0.5, 0.6) is 5.75 Å². The molecule has 1 fully saturated rings. The van der Waals surface area contributed by atoms with Crippen molar-refractivity contribution in [3.05, 3.63) is 59.5 Å². The number of amides is 1. The second-order valence-electron chi connectivity index (χ2n) is 9.56. The highest BCUT2D eigenvalue weighted by Crippen LogP contribution is 2.48. The van der Waals surface area contributed by atoms with E-state index in [0.717, 1.165) is 42.0 Å². The Labute approximate surface area is 193 Å². The molecule has 0 saturated carbocycles. The van der Waals surface area contributed by atoms with E-state index in [2.05, 4.69) is 20.9 Å². The van der Waals surface area contributed by atoms with Crippen LogP contribution >= 0.6 is 0 Å². The number of fused-ring (bicyclic) bond motifs is 4. The topological polar surface area (TPSA) is 84.9 Å². The van der Waals surface area contributed by atoms with Crippen LogP contribution in [0.25, 0.3) is 10.9 Å². The molecule has 0 unspecified atom stereocenters.